The molecular weight excluding hydrogens is 310 g/mol. The Bertz CT molecular complexity index is 351. The van der Waals surface area contributed by atoms with E-state index in [9.17, 15) is 0 Å². The number of halogens is 1. The lowest BCUT2D eigenvalue weighted by Gasteiger charge is -2.29. The van der Waals surface area contributed by atoms with Crippen molar-refractivity contribution in [2.24, 2.45) is 5.92 Å². The molecule has 0 aromatic heterocycles. The molecule has 2 nitrogen and oxygen atoms in total. The fraction of sp³-hybridized carbons (Fsp3) is 0.571. The topological polar surface area (TPSA) is 21.3 Å². The van der Waals surface area contributed by atoms with Crippen LogP contribution >= 0.6 is 27.7 Å². The van der Waals surface area contributed by atoms with E-state index in [1.165, 1.54) is 17.7 Å². The van der Waals surface area contributed by atoms with Crippen molar-refractivity contribution in [3.8, 4) is 0 Å². The highest BCUT2D eigenvalue weighted by molar-refractivity contribution is 9.10. The predicted molar refractivity (Wildman–Crippen MR) is 81.3 cm³/mol. The van der Waals surface area contributed by atoms with Crippen molar-refractivity contribution in [1.29, 1.82) is 0 Å². The zero-order valence-corrected chi connectivity index (χ0v) is 13.1. The average molecular weight is 330 g/mol. The molecule has 0 radical (unpaired) electrons. The summed E-state index contributed by atoms with van der Waals surface area (Å²) in [4.78, 5) is 1.33. The van der Waals surface area contributed by atoms with Crippen LogP contribution in [0.1, 0.15) is 12.8 Å². The molecule has 100 valence electrons. The minimum atomic E-state index is 0.541. The fourth-order valence-electron chi connectivity index (χ4n) is 2.25. The summed E-state index contributed by atoms with van der Waals surface area (Å²) in [6, 6.07) is 9.07. The Morgan fingerprint density at radius 3 is 2.83 bits per heavy atom. The van der Waals surface area contributed by atoms with Crippen molar-refractivity contribution < 1.29 is 4.74 Å². The van der Waals surface area contributed by atoms with Crippen LogP contribution in [0.5, 0.6) is 0 Å². The molecule has 1 heterocycles. The third-order valence-corrected chi connectivity index (χ3v) is 5.04. The maximum Gasteiger partial charge on any atom is 0.0509 e. The van der Waals surface area contributed by atoms with Gasteiger partial charge in [0, 0.05) is 27.8 Å². The normalized spacial score (nSPS) is 21.8. The first kappa shape index (κ1) is 14.4. The van der Waals surface area contributed by atoms with Crippen molar-refractivity contribution >= 4 is 27.7 Å². The largest absolute Gasteiger partial charge is 0.381 e. The molecule has 1 aromatic rings. The first-order chi connectivity index (χ1) is 8.79. The van der Waals surface area contributed by atoms with Crippen LogP contribution in [0, 0.1) is 5.92 Å². The van der Waals surface area contributed by atoms with Crippen molar-refractivity contribution in [2.45, 2.75) is 23.8 Å². The predicted octanol–water partition coefficient (Wildman–Crippen LogP) is 3.56. The second-order valence-electron chi connectivity index (χ2n) is 4.64. The van der Waals surface area contributed by atoms with Crippen LogP contribution in [0.2, 0.25) is 0 Å². The maximum absolute atomic E-state index is 5.58. The number of benzene rings is 1. The van der Waals surface area contributed by atoms with Crippen LogP contribution in [0.15, 0.2) is 33.6 Å². The SMILES string of the molecule is CNC(CSc1ccc(Br)cc1)C1CCCOC1. The minimum Gasteiger partial charge on any atom is -0.381 e. The highest BCUT2D eigenvalue weighted by Crippen LogP contribution is 2.25. The minimum absolute atomic E-state index is 0.541. The lowest BCUT2D eigenvalue weighted by atomic mass is 9.95. The van der Waals surface area contributed by atoms with Gasteiger partial charge in [0.2, 0.25) is 0 Å². The Labute approximate surface area is 122 Å². The molecule has 0 spiro atoms. The summed E-state index contributed by atoms with van der Waals surface area (Å²) in [5.41, 5.74) is 0. The molecular formula is C14H20BrNOS. The highest BCUT2D eigenvalue weighted by Gasteiger charge is 2.22. The van der Waals surface area contributed by atoms with Crippen LogP contribution in [-0.2, 0) is 4.74 Å². The molecule has 1 aliphatic rings. The van der Waals surface area contributed by atoms with Gasteiger partial charge < -0.3 is 10.1 Å². The van der Waals surface area contributed by atoms with Crippen LogP contribution in [0.4, 0.5) is 0 Å². The quantitative estimate of drug-likeness (QED) is 0.834. The Balaban J connectivity index is 1.84. The Morgan fingerprint density at radius 2 is 2.22 bits per heavy atom. The van der Waals surface area contributed by atoms with Crippen molar-refractivity contribution in [3.05, 3.63) is 28.7 Å². The van der Waals surface area contributed by atoms with Gasteiger partial charge in [0.05, 0.1) is 6.61 Å². The number of hydrogen-bond donors (Lipinski definition) is 1. The van der Waals surface area contributed by atoms with E-state index in [0.717, 1.165) is 23.4 Å². The second-order valence-corrected chi connectivity index (χ2v) is 6.65. The lowest BCUT2D eigenvalue weighted by molar-refractivity contribution is 0.0437. The first-order valence-electron chi connectivity index (χ1n) is 6.43. The van der Waals surface area contributed by atoms with E-state index < -0.39 is 0 Å². The maximum atomic E-state index is 5.58. The van der Waals surface area contributed by atoms with Crippen molar-refractivity contribution in [2.75, 3.05) is 26.0 Å². The zero-order chi connectivity index (χ0) is 12.8. The van der Waals surface area contributed by atoms with Crippen LogP contribution in [0.25, 0.3) is 0 Å². The van der Waals surface area contributed by atoms with Gasteiger partial charge >= 0.3 is 0 Å². The van der Waals surface area contributed by atoms with E-state index in [1.54, 1.807) is 0 Å². The van der Waals surface area contributed by atoms with E-state index in [-0.39, 0.29) is 0 Å². The zero-order valence-electron chi connectivity index (χ0n) is 10.7. The van der Waals surface area contributed by atoms with Crippen LogP contribution in [0.3, 0.4) is 0 Å². The van der Waals surface area contributed by atoms with Gasteiger partial charge in [-0.3, -0.25) is 0 Å². The number of hydrogen-bond acceptors (Lipinski definition) is 3. The molecule has 2 unspecified atom stereocenters. The molecule has 0 bridgehead atoms. The molecule has 4 heteroatoms. The van der Waals surface area contributed by atoms with Crippen LogP contribution < -0.4 is 5.32 Å². The molecule has 18 heavy (non-hydrogen) atoms. The summed E-state index contributed by atoms with van der Waals surface area (Å²) in [5, 5.41) is 3.44. The summed E-state index contributed by atoms with van der Waals surface area (Å²) in [5.74, 6) is 1.76. The van der Waals surface area contributed by atoms with Gasteiger partial charge in [-0.05, 0) is 50.1 Å². The van der Waals surface area contributed by atoms with E-state index in [1.807, 2.05) is 11.8 Å². The third-order valence-electron chi connectivity index (χ3n) is 3.38. The summed E-state index contributed by atoms with van der Waals surface area (Å²) in [6.45, 7) is 1.85. The summed E-state index contributed by atoms with van der Waals surface area (Å²) in [6.07, 6.45) is 2.48. The molecule has 0 aliphatic carbocycles. The van der Waals surface area contributed by atoms with Gasteiger partial charge in [-0.1, -0.05) is 15.9 Å². The van der Waals surface area contributed by atoms with Crippen molar-refractivity contribution in [3.63, 3.8) is 0 Å². The van der Waals surface area contributed by atoms with E-state index in [4.69, 9.17) is 4.74 Å². The molecule has 1 aliphatic heterocycles. The van der Waals surface area contributed by atoms with E-state index in [0.29, 0.717) is 12.0 Å². The molecule has 2 rings (SSSR count). The molecule has 2 atom stereocenters. The molecule has 0 amide bonds. The van der Waals surface area contributed by atoms with E-state index in [2.05, 4.69) is 52.6 Å². The van der Waals surface area contributed by atoms with Crippen LogP contribution in [-0.4, -0.2) is 32.1 Å². The molecule has 0 saturated carbocycles. The van der Waals surface area contributed by atoms with Gasteiger partial charge in [-0.15, -0.1) is 11.8 Å². The summed E-state index contributed by atoms with van der Waals surface area (Å²) < 4.78 is 6.71. The molecule has 1 fully saturated rings. The Hall–Kier alpha value is -0.0300. The standard InChI is InChI=1S/C14H20BrNOS/c1-16-14(11-3-2-8-17-9-11)10-18-13-6-4-12(15)5-7-13/h4-7,11,14,16H,2-3,8-10H2,1H3. The molecule has 1 saturated heterocycles. The summed E-state index contributed by atoms with van der Waals surface area (Å²) >= 11 is 5.38. The Morgan fingerprint density at radius 1 is 1.44 bits per heavy atom. The monoisotopic (exact) mass is 329 g/mol. The van der Waals surface area contributed by atoms with Crippen molar-refractivity contribution in [1.82, 2.24) is 5.32 Å². The second kappa shape index (κ2) is 7.53. The average Bonchev–Trinajstić information content (AvgIpc) is 2.43. The number of rotatable bonds is 5. The lowest BCUT2D eigenvalue weighted by Crippen LogP contribution is -2.40. The van der Waals surface area contributed by atoms with Gasteiger partial charge in [0.1, 0.15) is 0 Å². The fourth-order valence-corrected chi connectivity index (χ4v) is 3.66. The highest BCUT2D eigenvalue weighted by atomic mass is 79.9. The van der Waals surface area contributed by atoms with E-state index >= 15 is 0 Å². The number of ether oxygens (including phenoxy) is 1. The smallest absolute Gasteiger partial charge is 0.0509 e. The molecule has 1 aromatic carbocycles. The van der Waals surface area contributed by atoms with Gasteiger partial charge in [-0.2, -0.15) is 0 Å². The van der Waals surface area contributed by atoms with Gasteiger partial charge in [0.25, 0.3) is 0 Å². The first-order valence-corrected chi connectivity index (χ1v) is 8.21. The van der Waals surface area contributed by atoms with Gasteiger partial charge in [0.15, 0.2) is 0 Å². The summed E-state index contributed by atoms with van der Waals surface area (Å²) in [7, 11) is 2.06. The Kier molecular flexibility index (Phi) is 6.02. The third kappa shape index (κ3) is 4.26. The number of nitrogens with one attached hydrogen (secondary N) is 1. The number of thioether (sulfide) groups is 1. The molecule has 1 N–H and O–H groups in total. The van der Waals surface area contributed by atoms with Gasteiger partial charge in [-0.25, -0.2) is 0 Å².